The van der Waals surface area contributed by atoms with Gasteiger partial charge in [0, 0.05) is 31.7 Å². The van der Waals surface area contributed by atoms with Crippen LogP contribution < -0.4 is 5.73 Å². The molecule has 2 unspecified atom stereocenters. The molecule has 2 atom stereocenters. The zero-order valence-electron chi connectivity index (χ0n) is 10.6. The number of likely N-dealkylation sites (tertiary alicyclic amines) is 1. The lowest BCUT2D eigenvalue weighted by Gasteiger charge is -2.40. The Kier molecular flexibility index (Phi) is 3.99. The maximum atomic E-state index is 12.2. The number of carbonyl (C=O) groups excluding carboxylic acids is 1. The van der Waals surface area contributed by atoms with Crippen molar-refractivity contribution in [1.29, 1.82) is 0 Å². The van der Waals surface area contributed by atoms with Crippen molar-refractivity contribution in [2.24, 2.45) is 17.6 Å². The summed E-state index contributed by atoms with van der Waals surface area (Å²) in [6, 6.07) is 9.41. The molecule has 1 aromatic rings. The van der Waals surface area contributed by atoms with Crippen LogP contribution in [0.15, 0.2) is 30.3 Å². The second-order valence-corrected chi connectivity index (χ2v) is 5.02. The van der Waals surface area contributed by atoms with Gasteiger partial charge in [0.1, 0.15) is 0 Å². The van der Waals surface area contributed by atoms with E-state index in [0.29, 0.717) is 13.1 Å². The van der Waals surface area contributed by atoms with Crippen LogP contribution in [-0.4, -0.2) is 35.6 Å². The lowest BCUT2D eigenvalue weighted by molar-refractivity contribution is -0.143. The summed E-state index contributed by atoms with van der Waals surface area (Å²) in [6.07, 6.45) is 0. The summed E-state index contributed by atoms with van der Waals surface area (Å²) < 4.78 is 0. The van der Waals surface area contributed by atoms with Crippen molar-refractivity contribution in [2.75, 3.05) is 19.7 Å². The number of aliphatic hydroxyl groups is 1. The van der Waals surface area contributed by atoms with Gasteiger partial charge < -0.3 is 15.7 Å². The number of benzene rings is 1. The minimum Gasteiger partial charge on any atom is -0.396 e. The molecule has 2 rings (SSSR count). The van der Waals surface area contributed by atoms with Gasteiger partial charge in [0.25, 0.3) is 0 Å². The third kappa shape index (κ3) is 2.54. The molecule has 98 valence electrons. The summed E-state index contributed by atoms with van der Waals surface area (Å²) in [5.74, 6) is 0.0946. The van der Waals surface area contributed by atoms with Crippen molar-refractivity contribution in [3.8, 4) is 0 Å². The van der Waals surface area contributed by atoms with Crippen molar-refractivity contribution in [3.63, 3.8) is 0 Å². The fourth-order valence-corrected chi connectivity index (χ4v) is 2.27. The first-order valence-electron chi connectivity index (χ1n) is 6.33. The van der Waals surface area contributed by atoms with Gasteiger partial charge in [-0.3, -0.25) is 4.79 Å². The number of hydrogen-bond donors (Lipinski definition) is 2. The highest BCUT2D eigenvalue weighted by Gasteiger charge is 2.34. The number of hydrogen-bond acceptors (Lipinski definition) is 3. The Morgan fingerprint density at radius 1 is 1.44 bits per heavy atom. The molecule has 0 bridgehead atoms. The molecule has 0 radical (unpaired) electrons. The summed E-state index contributed by atoms with van der Waals surface area (Å²) in [5, 5.41) is 8.95. The van der Waals surface area contributed by atoms with Gasteiger partial charge in [-0.2, -0.15) is 0 Å². The topological polar surface area (TPSA) is 66.6 Å². The molecule has 3 N–H and O–H groups in total. The van der Waals surface area contributed by atoms with E-state index < -0.39 is 0 Å². The van der Waals surface area contributed by atoms with E-state index in [1.807, 2.05) is 37.3 Å². The quantitative estimate of drug-likeness (QED) is 0.827. The molecule has 4 nitrogen and oxygen atoms in total. The zero-order chi connectivity index (χ0) is 13.1. The normalized spacial score (nSPS) is 19.2. The summed E-state index contributed by atoms with van der Waals surface area (Å²) in [7, 11) is 0. The molecular formula is C14H20N2O2. The number of nitrogens with two attached hydrogens (primary N) is 1. The molecule has 4 heteroatoms. The number of nitrogens with zero attached hydrogens (tertiary/aromatic N) is 1. The standard InChI is InChI=1S/C14H20N2O2/c1-10(13(15)12-5-3-2-4-6-12)14(18)16-7-11(8-16)9-17/h2-6,10-11,13,17H,7-9,15H2,1H3. The van der Waals surface area contributed by atoms with Gasteiger partial charge in [-0.25, -0.2) is 0 Å². The summed E-state index contributed by atoms with van der Waals surface area (Å²) in [6.45, 7) is 3.33. The summed E-state index contributed by atoms with van der Waals surface area (Å²) in [5.41, 5.74) is 7.11. The molecule has 1 saturated heterocycles. The first-order valence-corrected chi connectivity index (χ1v) is 6.33. The molecule has 0 saturated carbocycles. The van der Waals surface area contributed by atoms with Crippen molar-refractivity contribution in [2.45, 2.75) is 13.0 Å². The third-order valence-corrected chi connectivity index (χ3v) is 3.64. The molecule has 0 spiro atoms. The molecule has 18 heavy (non-hydrogen) atoms. The smallest absolute Gasteiger partial charge is 0.227 e. The van der Waals surface area contributed by atoms with E-state index in [0.717, 1.165) is 5.56 Å². The molecule has 1 heterocycles. The molecule has 0 aliphatic carbocycles. The van der Waals surface area contributed by atoms with Gasteiger partial charge in [-0.1, -0.05) is 37.3 Å². The highest BCUT2D eigenvalue weighted by atomic mass is 16.3. The maximum Gasteiger partial charge on any atom is 0.227 e. The average Bonchev–Trinajstić information content (AvgIpc) is 2.36. The largest absolute Gasteiger partial charge is 0.396 e. The Morgan fingerprint density at radius 2 is 2.06 bits per heavy atom. The first kappa shape index (κ1) is 13.1. The number of aliphatic hydroxyl groups excluding tert-OH is 1. The van der Waals surface area contributed by atoms with E-state index in [9.17, 15) is 4.79 Å². The monoisotopic (exact) mass is 248 g/mol. The van der Waals surface area contributed by atoms with Crippen molar-refractivity contribution in [1.82, 2.24) is 4.90 Å². The van der Waals surface area contributed by atoms with Crippen LogP contribution in [0, 0.1) is 11.8 Å². The molecule has 1 aliphatic heterocycles. The minimum absolute atomic E-state index is 0.0797. The molecule has 1 amide bonds. The second kappa shape index (κ2) is 5.50. The van der Waals surface area contributed by atoms with E-state index in [1.54, 1.807) is 4.90 Å². The van der Waals surface area contributed by atoms with Gasteiger partial charge in [0.15, 0.2) is 0 Å². The Balaban J connectivity index is 1.95. The van der Waals surface area contributed by atoms with Crippen LogP contribution in [0.25, 0.3) is 0 Å². The predicted octanol–water partition coefficient (Wildman–Crippen LogP) is 0.773. The molecule has 1 aliphatic rings. The van der Waals surface area contributed by atoms with Crippen molar-refractivity contribution >= 4 is 5.91 Å². The Hall–Kier alpha value is -1.39. The first-order chi connectivity index (χ1) is 8.63. The van der Waals surface area contributed by atoms with Crippen LogP contribution in [-0.2, 0) is 4.79 Å². The van der Waals surface area contributed by atoms with Crippen LogP contribution in [0.5, 0.6) is 0 Å². The highest BCUT2D eigenvalue weighted by molar-refractivity contribution is 5.80. The maximum absolute atomic E-state index is 12.2. The van der Waals surface area contributed by atoms with E-state index >= 15 is 0 Å². The SMILES string of the molecule is CC(C(=O)N1CC(CO)C1)C(N)c1ccccc1. The van der Waals surface area contributed by atoms with Gasteiger partial charge in [-0.05, 0) is 5.56 Å². The van der Waals surface area contributed by atoms with Gasteiger partial charge in [-0.15, -0.1) is 0 Å². The van der Waals surface area contributed by atoms with Gasteiger partial charge >= 0.3 is 0 Å². The van der Waals surface area contributed by atoms with E-state index in [2.05, 4.69) is 0 Å². The van der Waals surface area contributed by atoms with Crippen LogP contribution in [0.1, 0.15) is 18.5 Å². The Labute approximate surface area is 107 Å². The molecular weight excluding hydrogens is 228 g/mol. The third-order valence-electron chi connectivity index (χ3n) is 3.64. The predicted molar refractivity (Wildman–Crippen MR) is 69.7 cm³/mol. The Bertz CT molecular complexity index is 402. The molecule has 1 fully saturated rings. The fourth-order valence-electron chi connectivity index (χ4n) is 2.27. The summed E-state index contributed by atoms with van der Waals surface area (Å²) in [4.78, 5) is 13.9. The Morgan fingerprint density at radius 3 is 2.61 bits per heavy atom. The van der Waals surface area contributed by atoms with Crippen LogP contribution >= 0.6 is 0 Å². The van der Waals surface area contributed by atoms with Crippen molar-refractivity contribution < 1.29 is 9.90 Å². The number of rotatable bonds is 4. The van der Waals surface area contributed by atoms with Crippen LogP contribution in [0.3, 0.4) is 0 Å². The van der Waals surface area contributed by atoms with Crippen molar-refractivity contribution in [3.05, 3.63) is 35.9 Å². The zero-order valence-corrected chi connectivity index (χ0v) is 10.6. The average molecular weight is 248 g/mol. The number of carbonyl (C=O) groups is 1. The van der Waals surface area contributed by atoms with Crippen LogP contribution in [0.2, 0.25) is 0 Å². The highest BCUT2D eigenvalue weighted by Crippen LogP contribution is 2.24. The minimum atomic E-state index is -0.271. The van der Waals surface area contributed by atoms with Crippen LogP contribution in [0.4, 0.5) is 0 Å². The van der Waals surface area contributed by atoms with E-state index in [4.69, 9.17) is 10.8 Å². The lowest BCUT2D eigenvalue weighted by atomic mass is 9.91. The second-order valence-electron chi connectivity index (χ2n) is 5.02. The molecule has 1 aromatic carbocycles. The summed E-state index contributed by atoms with van der Waals surface area (Å²) >= 11 is 0. The van der Waals surface area contributed by atoms with E-state index in [-0.39, 0.29) is 30.4 Å². The van der Waals surface area contributed by atoms with Gasteiger partial charge in [0.05, 0.1) is 5.92 Å². The molecule has 0 aromatic heterocycles. The number of amides is 1. The lowest BCUT2D eigenvalue weighted by Crippen LogP contribution is -2.54. The van der Waals surface area contributed by atoms with E-state index in [1.165, 1.54) is 0 Å². The van der Waals surface area contributed by atoms with Gasteiger partial charge in [0.2, 0.25) is 5.91 Å². The fraction of sp³-hybridized carbons (Fsp3) is 0.500.